The van der Waals surface area contributed by atoms with E-state index in [0.29, 0.717) is 0 Å². The zero-order chi connectivity index (χ0) is 35.8. The van der Waals surface area contributed by atoms with E-state index in [1.165, 1.54) is 66.1 Å². The summed E-state index contributed by atoms with van der Waals surface area (Å²) < 4.78 is 10.3. The fourth-order valence-corrected chi connectivity index (χ4v) is 28.1. The number of rotatable bonds is 4. The third-order valence-electron chi connectivity index (χ3n) is 12.7. The van der Waals surface area contributed by atoms with Gasteiger partial charge in [-0.3, -0.25) is 0 Å². The summed E-state index contributed by atoms with van der Waals surface area (Å²) in [5.74, 6) is 1.96. The van der Waals surface area contributed by atoms with E-state index in [4.69, 9.17) is 26.5 Å². The molecule has 4 unspecified atom stereocenters. The summed E-state index contributed by atoms with van der Waals surface area (Å²) in [7, 11) is 20.3. The van der Waals surface area contributed by atoms with Gasteiger partial charge in [0.05, 0.1) is 0 Å². The van der Waals surface area contributed by atoms with Gasteiger partial charge >= 0.3 is 321 Å². The second-order valence-electron chi connectivity index (χ2n) is 15.0. The average Bonchev–Trinajstić information content (AvgIpc) is 3.36. The Morgan fingerprint density at radius 1 is 0.577 bits per heavy atom. The summed E-state index contributed by atoms with van der Waals surface area (Å²) in [6.07, 6.45) is 26.2. The van der Waals surface area contributed by atoms with Crippen LogP contribution in [0.1, 0.15) is 56.1 Å². The molecule has 5 heteroatoms. The van der Waals surface area contributed by atoms with Crippen LogP contribution in [0, 0.1) is 0 Å². The summed E-state index contributed by atoms with van der Waals surface area (Å²) >= 11 is -4.37. The van der Waals surface area contributed by atoms with E-state index >= 15 is 0 Å². The molecule has 0 N–H and O–H groups in total. The first-order chi connectivity index (χ1) is 25.2. The van der Waals surface area contributed by atoms with E-state index in [0.717, 1.165) is 30.8 Å². The number of fused-ring (bicyclic) bond motifs is 4. The Bertz CT molecular complexity index is 2270. The molecular formula is C47H42Cl2O2Zr. The molecule has 1 heterocycles. The Balaban J connectivity index is 1.16. The van der Waals surface area contributed by atoms with Gasteiger partial charge in [-0.1, -0.05) is 0 Å². The van der Waals surface area contributed by atoms with Gasteiger partial charge in [-0.15, -0.1) is 0 Å². The molecule has 4 atom stereocenters. The van der Waals surface area contributed by atoms with E-state index in [9.17, 15) is 0 Å². The molecule has 5 aliphatic rings. The zero-order valence-electron chi connectivity index (χ0n) is 30.1. The topological polar surface area (TPSA) is 18.5 Å². The van der Waals surface area contributed by atoms with E-state index in [1.54, 1.807) is 14.2 Å². The summed E-state index contributed by atoms with van der Waals surface area (Å²) in [4.78, 5) is 0. The molecule has 9 rings (SSSR count). The molecule has 1 aliphatic heterocycles. The van der Waals surface area contributed by atoms with Crippen molar-refractivity contribution < 1.29 is 27.4 Å². The maximum atomic E-state index is 8.43. The Morgan fingerprint density at radius 2 is 1.00 bits per heavy atom. The number of methoxy groups -OCH3 is 2. The van der Waals surface area contributed by atoms with Gasteiger partial charge in [0.15, 0.2) is 0 Å². The van der Waals surface area contributed by atoms with Crippen molar-refractivity contribution in [3.8, 4) is 11.5 Å². The van der Waals surface area contributed by atoms with Crippen molar-refractivity contribution >= 4 is 38.6 Å². The number of hydrogen-bond donors (Lipinski definition) is 0. The minimum atomic E-state index is -4.37. The van der Waals surface area contributed by atoms with Crippen LogP contribution < -0.4 is 9.47 Å². The standard InChI is InChI=1S/C47H42O2.2ClH.Zr/c1-30-24-46-42(36-18-16-34-28-38(48-3)22-20-32(34)26-36)10-5-7-12-44(46)40(30)14-9-15-41-31(2)25-47-43(11-6-8-13-45(41)47)37-19-17-35-29-39(49-4)23-21-33(35)27-37;;;/h5-8,10-13,16-29,42-43H,9,14-15H2,1-4H3;2*1H;/q;;;+2/p-2. The quantitative estimate of drug-likeness (QED) is 0.205. The van der Waals surface area contributed by atoms with Crippen LogP contribution in [-0.4, -0.2) is 14.2 Å². The third kappa shape index (κ3) is 4.85. The molecule has 260 valence electrons. The van der Waals surface area contributed by atoms with Crippen LogP contribution in [0.4, 0.5) is 0 Å². The Labute approximate surface area is 318 Å². The van der Waals surface area contributed by atoms with Gasteiger partial charge in [-0.05, 0) is 0 Å². The summed E-state index contributed by atoms with van der Waals surface area (Å²) in [6.45, 7) is 4.62. The first-order valence-corrected chi connectivity index (χ1v) is 27.1. The first kappa shape index (κ1) is 34.2. The van der Waals surface area contributed by atoms with Gasteiger partial charge in [0.25, 0.3) is 0 Å². The molecule has 4 aliphatic carbocycles. The van der Waals surface area contributed by atoms with Crippen LogP contribution in [-0.2, 0) is 17.9 Å². The van der Waals surface area contributed by atoms with Crippen LogP contribution in [0.3, 0.4) is 0 Å². The molecule has 0 aromatic heterocycles. The fourth-order valence-electron chi connectivity index (χ4n) is 10.1. The molecule has 4 aromatic carbocycles. The fraction of sp³-hybridized carbons (Fsp3) is 0.234. The molecule has 52 heavy (non-hydrogen) atoms. The molecule has 2 spiro atoms. The second kappa shape index (κ2) is 12.8. The molecule has 0 bridgehead atoms. The Kier molecular flexibility index (Phi) is 8.38. The van der Waals surface area contributed by atoms with Crippen LogP contribution in [0.5, 0.6) is 11.5 Å². The van der Waals surface area contributed by atoms with Crippen LogP contribution in [0.15, 0.2) is 167 Å². The van der Waals surface area contributed by atoms with Crippen molar-refractivity contribution in [2.75, 3.05) is 14.2 Å². The predicted molar refractivity (Wildman–Crippen MR) is 216 cm³/mol. The van der Waals surface area contributed by atoms with Crippen molar-refractivity contribution in [2.24, 2.45) is 0 Å². The summed E-state index contributed by atoms with van der Waals surface area (Å²) in [5.41, 5.74) is 10.6. The van der Waals surface area contributed by atoms with E-state index < -0.39 is 17.9 Å². The van der Waals surface area contributed by atoms with E-state index in [-0.39, 0.29) is 18.1 Å². The Morgan fingerprint density at radius 3 is 1.44 bits per heavy atom. The number of hydrogen-bond acceptors (Lipinski definition) is 2. The normalized spacial score (nSPS) is 27.3. The molecular weight excluding hydrogens is 759 g/mol. The molecule has 0 saturated carbocycles. The number of benzene rings is 4. The number of allylic oxidation sites excluding steroid dienone is 16. The van der Waals surface area contributed by atoms with Gasteiger partial charge < -0.3 is 0 Å². The summed E-state index contributed by atoms with van der Waals surface area (Å²) in [6, 6.07) is 26.3. The van der Waals surface area contributed by atoms with Crippen molar-refractivity contribution in [1.29, 1.82) is 0 Å². The van der Waals surface area contributed by atoms with Gasteiger partial charge in [-0.25, -0.2) is 0 Å². The number of ether oxygens (including phenoxy) is 2. The van der Waals surface area contributed by atoms with Gasteiger partial charge in [0, 0.05) is 0 Å². The van der Waals surface area contributed by atoms with Gasteiger partial charge in [0.2, 0.25) is 0 Å². The number of halogens is 2. The first-order valence-electron chi connectivity index (χ1n) is 18.3. The third-order valence-corrected chi connectivity index (χ3v) is 30.1. The molecule has 1 fully saturated rings. The van der Waals surface area contributed by atoms with Crippen LogP contribution in [0.2, 0.25) is 6.25 Å². The minimum absolute atomic E-state index is 0.105. The second-order valence-corrected chi connectivity index (χ2v) is 29.9. The molecule has 4 aromatic rings. The Hall–Kier alpha value is -3.62. The van der Waals surface area contributed by atoms with E-state index in [2.05, 4.69) is 135 Å². The van der Waals surface area contributed by atoms with Gasteiger partial charge in [-0.2, -0.15) is 0 Å². The maximum absolute atomic E-state index is 8.43. The average molecular weight is 801 g/mol. The van der Waals surface area contributed by atoms with Crippen LogP contribution >= 0.6 is 17.0 Å². The molecule has 1 saturated heterocycles. The monoisotopic (exact) mass is 798 g/mol. The summed E-state index contributed by atoms with van der Waals surface area (Å²) in [5, 5.41) is 4.77. The molecule has 2 nitrogen and oxygen atoms in total. The SMILES string of the molecule is COc1ccc2cc(C3C=CC=CC4=C3C=C(C)[C]43CCC[C]4(C(C)=CC5=C4C=CC=CC5c4ccc5cc(OC)ccc5c4)[Zr]3([Cl])[Cl])ccc2c1. The van der Waals surface area contributed by atoms with Crippen molar-refractivity contribution in [2.45, 2.75) is 51.2 Å². The van der Waals surface area contributed by atoms with Crippen molar-refractivity contribution in [3.63, 3.8) is 0 Å². The molecule has 0 radical (unpaired) electrons. The molecule has 0 amide bonds. The predicted octanol–water partition coefficient (Wildman–Crippen LogP) is 13.6. The van der Waals surface area contributed by atoms with E-state index in [1.807, 2.05) is 12.1 Å². The van der Waals surface area contributed by atoms with Crippen LogP contribution in [0.25, 0.3) is 21.5 Å². The van der Waals surface area contributed by atoms with Crippen molar-refractivity contribution in [3.05, 3.63) is 178 Å². The van der Waals surface area contributed by atoms with Gasteiger partial charge in [0.1, 0.15) is 0 Å². The van der Waals surface area contributed by atoms with Crippen molar-refractivity contribution in [1.82, 2.24) is 0 Å². The zero-order valence-corrected chi connectivity index (χ0v) is 34.0.